The molecule has 0 saturated heterocycles. The summed E-state index contributed by atoms with van der Waals surface area (Å²) in [5, 5.41) is 2.55. The molecule has 0 spiro atoms. The Kier molecular flexibility index (Phi) is 6.93. The molecule has 6 heteroatoms. The number of carbonyl (C=O) groups excluding carboxylic acids is 2. The highest BCUT2D eigenvalue weighted by atomic mass is 19.1. The molecule has 2 rings (SSSR count). The molecule has 2 aromatic carbocycles. The van der Waals surface area contributed by atoms with Crippen molar-refractivity contribution in [2.24, 2.45) is 0 Å². The first-order valence-corrected chi connectivity index (χ1v) is 8.77. The van der Waals surface area contributed by atoms with Gasteiger partial charge in [-0.3, -0.25) is 9.59 Å². The second-order valence-electron chi connectivity index (χ2n) is 6.50. The highest BCUT2D eigenvalue weighted by Gasteiger charge is 2.26. The number of nitrogens with zero attached hydrogens (tertiary/aromatic N) is 1. The van der Waals surface area contributed by atoms with Crippen molar-refractivity contribution in [2.45, 2.75) is 33.4 Å². The molecule has 0 saturated carbocycles. The van der Waals surface area contributed by atoms with E-state index < -0.39 is 6.04 Å². The molecule has 2 aromatic rings. The lowest BCUT2D eigenvalue weighted by molar-refractivity contribution is -0.142. The van der Waals surface area contributed by atoms with Crippen LogP contribution in [0.4, 0.5) is 4.39 Å². The lowest BCUT2D eigenvalue weighted by Gasteiger charge is -2.28. The quantitative estimate of drug-likeness (QED) is 0.813. The summed E-state index contributed by atoms with van der Waals surface area (Å²) in [5.41, 5.74) is 2.69. The number of ether oxygens (including phenoxy) is 1. The molecule has 0 aliphatic heterocycles. The Morgan fingerprint density at radius 2 is 1.81 bits per heavy atom. The Balaban J connectivity index is 2.15. The first-order chi connectivity index (χ1) is 12.8. The van der Waals surface area contributed by atoms with E-state index >= 15 is 0 Å². The first kappa shape index (κ1) is 20.4. The number of hydrogen-bond donors (Lipinski definition) is 1. The van der Waals surface area contributed by atoms with Crippen LogP contribution in [-0.4, -0.2) is 36.4 Å². The lowest BCUT2D eigenvalue weighted by atomic mass is 10.1. The fraction of sp³-hybridized carbons (Fsp3) is 0.333. The Morgan fingerprint density at radius 1 is 1.15 bits per heavy atom. The molecular weight excluding hydrogens is 347 g/mol. The van der Waals surface area contributed by atoms with Gasteiger partial charge in [-0.25, -0.2) is 4.39 Å². The molecular formula is C21H25FN2O3. The number of nitrogens with one attached hydrogen (secondary N) is 1. The fourth-order valence-corrected chi connectivity index (χ4v) is 2.66. The van der Waals surface area contributed by atoms with Crippen molar-refractivity contribution in [1.29, 1.82) is 0 Å². The summed E-state index contributed by atoms with van der Waals surface area (Å²) in [6, 6.07) is 10.9. The number of benzene rings is 2. The molecule has 0 aliphatic rings. The Morgan fingerprint density at radius 3 is 2.44 bits per heavy atom. The number of amides is 2. The number of aryl methyl sites for hydroxylation is 2. The van der Waals surface area contributed by atoms with E-state index in [1.807, 2.05) is 32.0 Å². The summed E-state index contributed by atoms with van der Waals surface area (Å²) in [7, 11) is 1.52. The van der Waals surface area contributed by atoms with Gasteiger partial charge in [-0.15, -0.1) is 0 Å². The molecule has 0 fully saturated rings. The lowest BCUT2D eigenvalue weighted by Crippen LogP contribution is -2.48. The van der Waals surface area contributed by atoms with E-state index in [4.69, 9.17) is 4.74 Å². The van der Waals surface area contributed by atoms with E-state index in [0.29, 0.717) is 5.75 Å². The van der Waals surface area contributed by atoms with Crippen LogP contribution in [0, 0.1) is 19.7 Å². The first-order valence-electron chi connectivity index (χ1n) is 8.77. The Labute approximate surface area is 159 Å². The molecule has 27 heavy (non-hydrogen) atoms. The minimum absolute atomic E-state index is 0.184. The summed E-state index contributed by atoms with van der Waals surface area (Å²) in [4.78, 5) is 26.3. The maximum atomic E-state index is 13.1. The second kappa shape index (κ2) is 9.16. The summed E-state index contributed by atoms with van der Waals surface area (Å²) in [6.45, 7) is 5.50. The van der Waals surface area contributed by atoms with Crippen LogP contribution in [0.3, 0.4) is 0 Å². The number of likely N-dealkylation sites (N-methyl/N-ethyl adjacent to an activating group) is 1. The molecule has 144 valence electrons. The summed E-state index contributed by atoms with van der Waals surface area (Å²) in [6.07, 6.45) is 0. The van der Waals surface area contributed by atoms with Crippen molar-refractivity contribution in [2.75, 3.05) is 13.7 Å². The van der Waals surface area contributed by atoms with E-state index in [2.05, 4.69) is 5.32 Å². The third-order valence-electron chi connectivity index (χ3n) is 4.37. The maximum absolute atomic E-state index is 13.1. The minimum atomic E-state index is -0.685. The number of rotatable bonds is 7. The van der Waals surface area contributed by atoms with Gasteiger partial charge in [0, 0.05) is 13.6 Å². The molecule has 1 atom stereocenters. The van der Waals surface area contributed by atoms with E-state index in [-0.39, 0.29) is 30.8 Å². The van der Waals surface area contributed by atoms with Crippen LogP contribution < -0.4 is 10.1 Å². The largest absolute Gasteiger partial charge is 0.483 e. The van der Waals surface area contributed by atoms with Crippen molar-refractivity contribution in [1.82, 2.24) is 10.2 Å². The molecule has 0 aromatic heterocycles. The third-order valence-corrected chi connectivity index (χ3v) is 4.37. The van der Waals surface area contributed by atoms with E-state index in [9.17, 15) is 14.0 Å². The average Bonchev–Trinajstić information content (AvgIpc) is 2.66. The van der Waals surface area contributed by atoms with Gasteiger partial charge < -0.3 is 15.0 Å². The normalized spacial score (nSPS) is 11.6. The van der Waals surface area contributed by atoms with Crippen molar-refractivity contribution in [3.8, 4) is 5.75 Å². The van der Waals surface area contributed by atoms with Gasteiger partial charge in [-0.05, 0) is 55.7 Å². The molecule has 5 nitrogen and oxygen atoms in total. The fourth-order valence-electron chi connectivity index (χ4n) is 2.66. The predicted molar refractivity (Wildman–Crippen MR) is 102 cm³/mol. The third kappa shape index (κ3) is 5.54. The minimum Gasteiger partial charge on any atom is -0.483 e. The second-order valence-corrected chi connectivity index (χ2v) is 6.50. The van der Waals surface area contributed by atoms with Gasteiger partial charge in [0.2, 0.25) is 5.91 Å². The molecule has 1 unspecified atom stereocenters. The topological polar surface area (TPSA) is 58.6 Å². The molecule has 2 amide bonds. The zero-order valence-electron chi connectivity index (χ0n) is 16.1. The summed E-state index contributed by atoms with van der Waals surface area (Å²) < 4.78 is 18.8. The average molecular weight is 372 g/mol. The number of carbonyl (C=O) groups is 2. The molecule has 0 bridgehead atoms. The van der Waals surface area contributed by atoms with Crippen LogP contribution in [0.2, 0.25) is 0 Å². The van der Waals surface area contributed by atoms with Crippen LogP contribution in [0.1, 0.15) is 23.6 Å². The van der Waals surface area contributed by atoms with Crippen LogP contribution in [0.5, 0.6) is 5.75 Å². The molecule has 1 N–H and O–H groups in total. The molecule has 0 heterocycles. The van der Waals surface area contributed by atoms with Gasteiger partial charge in [-0.1, -0.05) is 24.3 Å². The van der Waals surface area contributed by atoms with E-state index in [0.717, 1.165) is 16.7 Å². The molecule has 0 aliphatic carbocycles. The van der Waals surface area contributed by atoms with E-state index in [1.54, 1.807) is 19.1 Å². The summed E-state index contributed by atoms with van der Waals surface area (Å²) in [5.74, 6) is -0.319. The van der Waals surface area contributed by atoms with Gasteiger partial charge in [0.15, 0.2) is 6.61 Å². The van der Waals surface area contributed by atoms with Gasteiger partial charge in [-0.2, -0.15) is 0 Å². The van der Waals surface area contributed by atoms with Crippen molar-refractivity contribution in [3.63, 3.8) is 0 Å². The zero-order valence-corrected chi connectivity index (χ0v) is 16.1. The number of halogens is 1. The van der Waals surface area contributed by atoms with Crippen molar-refractivity contribution < 1.29 is 18.7 Å². The smallest absolute Gasteiger partial charge is 0.261 e. The van der Waals surface area contributed by atoms with Gasteiger partial charge in [0.05, 0.1) is 0 Å². The Hall–Kier alpha value is -2.89. The highest BCUT2D eigenvalue weighted by Crippen LogP contribution is 2.19. The number of hydrogen-bond acceptors (Lipinski definition) is 3. The van der Waals surface area contributed by atoms with Crippen LogP contribution in [0.15, 0.2) is 42.5 Å². The van der Waals surface area contributed by atoms with Gasteiger partial charge in [0.1, 0.15) is 17.6 Å². The SMILES string of the molecule is CNC(=O)C(C)N(Cc1ccc(F)cc1)C(=O)COc1cc(C)ccc1C. The van der Waals surface area contributed by atoms with Gasteiger partial charge in [0.25, 0.3) is 5.91 Å². The predicted octanol–water partition coefficient (Wildman–Crippen LogP) is 2.98. The summed E-state index contributed by atoms with van der Waals surface area (Å²) >= 11 is 0. The van der Waals surface area contributed by atoms with Gasteiger partial charge >= 0.3 is 0 Å². The highest BCUT2D eigenvalue weighted by molar-refractivity contribution is 5.87. The van der Waals surface area contributed by atoms with Crippen molar-refractivity contribution in [3.05, 3.63) is 65.0 Å². The van der Waals surface area contributed by atoms with Crippen molar-refractivity contribution >= 4 is 11.8 Å². The van der Waals surface area contributed by atoms with Crippen LogP contribution in [-0.2, 0) is 16.1 Å². The Bertz CT molecular complexity index is 806. The monoisotopic (exact) mass is 372 g/mol. The van der Waals surface area contributed by atoms with E-state index in [1.165, 1.54) is 24.1 Å². The van der Waals surface area contributed by atoms with Crippen LogP contribution in [0.25, 0.3) is 0 Å². The molecule has 0 radical (unpaired) electrons. The standard InChI is InChI=1S/C21H25FN2O3/c1-14-5-6-15(2)19(11-14)27-13-20(25)24(16(3)21(26)23-4)12-17-7-9-18(22)10-8-17/h5-11,16H,12-13H2,1-4H3,(H,23,26). The van der Waals surface area contributed by atoms with Crippen LogP contribution >= 0.6 is 0 Å². The maximum Gasteiger partial charge on any atom is 0.261 e. The zero-order chi connectivity index (χ0) is 20.0.